The first-order valence-corrected chi connectivity index (χ1v) is 9.79. The molecule has 5 rings (SSSR count). The summed E-state index contributed by atoms with van der Waals surface area (Å²) in [6.07, 6.45) is 1.55. The fourth-order valence-electron chi connectivity index (χ4n) is 4.16. The summed E-state index contributed by atoms with van der Waals surface area (Å²) in [5.74, 6) is 1.72. The van der Waals surface area contributed by atoms with Gasteiger partial charge in [0.25, 0.3) is 0 Å². The highest BCUT2D eigenvalue weighted by atomic mass is 16.5. The van der Waals surface area contributed by atoms with Crippen molar-refractivity contribution in [3.63, 3.8) is 0 Å². The summed E-state index contributed by atoms with van der Waals surface area (Å²) in [5.41, 5.74) is 3.02. The van der Waals surface area contributed by atoms with Crippen molar-refractivity contribution in [1.82, 2.24) is 9.55 Å². The first-order valence-electron chi connectivity index (χ1n) is 9.79. The van der Waals surface area contributed by atoms with Crippen LogP contribution in [0, 0.1) is 5.41 Å². The van der Waals surface area contributed by atoms with E-state index in [1.165, 1.54) is 0 Å². The largest absolute Gasteiger partial charge is 0.497 e. The van der Waals surface area contributed by atoms with Gasteiger partial charge in [0.15, 0.2) is 0 Å². The maximum atomic E-state index is 9.41. The van der Waals surface area contributed by atoms with E-state index in [2.05, 4.69) is 17.1 Å². The standard InChI is InChI=1S/C24H21N3O3/c1-29-17-9-6-16(7-10-17)20-21-18-5-3-2-4-15(18)8-11-19(21)30-24-22(20)23(25)27(12-13-28)14-26-24/h2-11,14,20,25,28H,12-13H2,1H3. The Bertz CT molecular complexity index is 1300. The Morgan fingerprint density at radius 1 is 1.07 bits per heavy atom. The first-order chi connectivity index (χ1) is 14.7. The Kier molecular flexibility index (Phi) is 4.48. The highest BCUT2D eigenvalue weighted by Crippen LogP contribution is 2.48. The molecular formula is C24H21N3O3. The molecule has 0 radical (unpaired) electrons. The smallest absolute Gasteiger partial charge is 0.228 e. The Morgan fingerprint density at radius 2 is 1.87 bits per heavy atom. The predicted octanol–water partition coefficient (Wildman–Crippen LogP) is 3.80. The SMILES string of the molecule is COc1ccc(C2c3c(ncn(CCO)c3=N)Oc3ccc4ccccc4c32)cc1. The van der Waals surface area contributed by atoms with E-state index in [0.29, 0.717) is 18.0 Å². The quantitative estimate of drug-likeness (QED) is 0.482. The molecule has 2 N–H and O–H groups in total. The number of benzene rings is 3. The zero-order valence-electron chi connectivity index (χ0n) is 16.5. The van der Waals surface area contributed by atoms with E-state index < -0.39 is 0 Å². The Hall–Kier alpha value is -3.64. The van der Waals surface area contributed by atoms with E-state index in [0.717, 1.165) is 33.4 Å². The summed E-state index contributed by atoms with van der Waals surface area (Å²) in [7, 11) is 1.64. The maximum Gasteiger partial charge on any atom is 0.228 e. The molecule has 6 nitrogen and oxygen atoms in total. The van der Waals surface area contributed by atoms with Gasteiger partial charge in [0, 0.05) is 18.0 Å². The summed E-state index contributed by atoms with van der Waals surface area (Å²) in [5, 5.41) is 20.4. The fraction of sp³-hybridized carbons (Fsp3) is 0.167. The van der Waals surface area contributed by atoms with Crippen molar-refractivity contribution >= 4 is 10.8 Å². The molecule has 0 saturated carbocycles. The number of aliphatic hydroxyl groups is 1. The molecular weight excluding hydrogens is 378 g/mol. The highest BCUT2D eigenvalue weighted by molar-refractivity contribution is 5.90. The topological polar surface area (TPSA) is 80.4 Å². The van der Waals surface area contributed by atoms with E-state index in [-0.39, 0.29) is 18.0 Å². The van der Waals surface area contributed by atoms with Crippen LogP contribution in [0.5, 0.6) is 17.4 Å². The van der Waals surface area contributed by atoms with Crippen LogP contribution in [0.2, 0.25) is 0 Å². The lowest BCUT2D eigenvalue weighted by atomic mass is 9.81. The predicted molar refractivity (Wildman–Crippen MR) is 113 cm³/mol. The number of ether oxygens (including phenoxy) is 2. The third-order valence-corrected chi connectivity index (χ3v) is 5.59. The Morgan fingerprint density at radius 3 is 2.63 bits per heavy atom. The summed E-state index contributed by atoms with van der Waals surface area (Å²) < 4.78 is 13.1. The van der Waals surface area contributed by atoms with Crippen LogP contribution in [0.1, 0.15) is 22.6 Å². The zero-order valence-corrected chi connectivity index (χ0v) is 16.5. The molecule has 6 heteroatoms. The Balaban J connectivity index is 1.83. The molecule has 0 spiro atoms. The minimum atomic E-state index is -0.230. The van der Waals surface area contributed by atoms with Crippen LogP contribution in [-0.4, -0.2) is 28.4 Å². The van der Waals surface area contributed by atoms with E-state index in [9.17, 15) is 5.11 Å². The molecule has 30 heavy (non-hydrogen) atoms. The molecule has 0 aliphatic carbocycles. The number of methoxy groups -OCH3 is 1. The van der Waals surface area contributed by atoms with E-state index >= 15 is 0 Å². The highest BCUT2D eigenvalue weighted by Gasteiger charge is 2.33. The molecule has 150 valence electrons. The van der Waals surface area contributed by atoms with Crippen molar-refractivity contribution in [2.24, 2.45) is 0 Å². The third kappa shape index (κ3) is 2.84. The molecule has 2 heterocycles. The second-order valence-electron chi connectivity index (χ2n) is 7.24. The van der Waals surface area contributed by atoms with Crippen molar-refractivity contribution in [3.8, 4) is 17.4 Å². The molecule has 0 saturated heterocycles. The van der Waals surface area contributed by atoms with Crippen molar-refractivity contribution in [3.05, 3.63) is 89.2 Å². The number of hydrogen-bond acceptors (Lipinski definition) is 5. The molecule has 3 aromatic carbocycles. The average molecular weight is 399 g/mol. The lowest BCUT2D eigenvalue weighted by Crippen LogP contribution is -2.30. The molecule has 1 aromatic heterocycles. The number of nitrogens with zero attached hydrogens (tertiary/aromatic N) is 2. The number of hydrogen-bond donors (Lipinski definition) is 2. The molecule has 1 aliphatic heterocycles. The van der Waals surface area contributed by atoms with E-state index in [1.807, 2.05) is 48.5 Å². The van der Waals surface area contributed by atoms with Gasteiger partial charge in [-0.1, -0.05) is 42.5 Å². The van der Waals surface area contributed by atoms with Crippen LogP contribution in [0.4, 0.5) is 0 Å². The fourth-order valence-corrected chi connectivity index (χ4v) is 4.16. The third-order valence-electron chi connectivity index (χ3n) is 5.59. The zero-order chi connectivity index (χ0) is 20.7. The molecule has 1 unspecified atom stereocenters. The van der Waals surface area contributed by atoms with Gasteiger partial charge in [0.1, 0.15) is 23.3 Å². The van der Waals surface area contributed by atoms with Gasteiger partial charge >= 0.3 is 0 Å². The van der Waals surface area contributed by atoms with Crippen LogP contribution >= 0.6 is 0 Å². The van der Waals surface area contributed by atoms with E-state index in [4.69, 9.17) is 14.9 Å². The van der Waals surface area contributed by atoms with Gasteiger partial charge in [-0.25, -0.2) is 4.98 Å². The minimum Gasteiger partial charge on any atom is -0.497 e. The van der Waals surface area contributed by atoms with Gasteiger partial charge in [0.05, 0.1) is 19.3 Å². The normalized spacial score (nSPS) is 14.7. The summed E-state index contributed by atoms with van der Waals surface area (Å²) in [6.45, 7) is 0.238. The van der Waals surface area contributed by atoms with Crippen molar-refractivity contribution in [2.75, 3.05) is 13.7 Å². The molecule has 0 bridgehead atoms. The minimum absolute atomic E-state index is 0.0649. The molecule has 4 aromatic rings. The van der Waals surface area contributed by atoms with Crippen LogP contribution in [0.25, 0.3) is 10.8 Å². The first kappa shape index (κ1) is 18.4. The van der Waals surface area contributed by atoms with E-state index in [1.54, 1.807) is 18.0 Å². The summed E-state index contributed by atoms with van der Waals surface area (Å²) in [6, 6.07) is 20.1. The van der Waals surface area contributed by atoms with Crippen LogP contribution in [-0.2, 0) is 6.54 Å². The lowest BCUT2D eigenvalue weighted by molar-refractivity contribution is 0.271. The number of aliphatic hydroxyl groups excluding tert-OH is 1. The summed E-state index contributed by atoms with van der Waals surface area (Å²) in [4.78, 5) is 4.47. The van der Waals surface area contributed by atoms with Gasteiger partial charge in [-0.2, -0.15) is 0 Å². The van der Waals surface area contributed by atoms with Crippen molar-refractivity contribution in [2.45, 2.75) is 12.5 Å². The summed E-state index contributed by atoms with van der Waals surface area (Å²) >= 11 is 0. The molecule has 1 aliphatic rings. The maximum absolute atomic E-state index is 9.41. The van der Waals surface area contributed by atoms with Crippen LogP contribution < -0.4 is 15.0 Å². The van der Waals surface area contributed by atoms with Crippen LogP contribution in [0.3, 0.4) is 0 Å². The van der Waals surface area contributed by atoms with Gasteiger partial charge in [-0.3, -0.25) is 5.41 Å². The second-order valence-corrected chi connectivity index (χ2v) is 7.24. The van der Waals surface area contributed by atoms with Gasteiger partial charge in [-0.15, -0.1) is 0 Å². The number of rotatable bonds is 4. The van der Waals surface area contributed by atoms with Gasteiger partial charge in [0.2, 0.25) is 5.88 Å². The molecule has 1 atom stereocenters. The average Bonchev–Trinajstić information content (AvgIpc) is 2.79. The van der Waals surface area contributed by atoms with Gasteiger partial charge < -0.3 is 19.1 Å². The van der Waals surface area contributed by atoms with Gasteiger partial charge in [-0.05, 0) is 34.5 Å². The number of aromatic nitrogens is 2. The number of nitrogens with one attached hydrogen (secondary N) is 1. The van der Waals surface area contributed by atoms with Crippen molar-refractivity contribution in [1.29, 1.82) is 5.41 Å². The molecule has 0 fully saturated rings. The monoisotopic (exact) mass is 399 g/mol. The van der Waals surface area contributed by atoms with Crippen LogP contribution in [0.15, 0.2) is 67.0 Å². The lowest BCUT2D eigenvalue weighted by Gasteiger charge is -2.29. The van der Waals surface area contributed by atoms with Crippen molar-refractivity contribution < 1.29 is 14.6 Å². The Labute approximate surface area is 173 Å². The number of fused-ring (bicyclic) bond motifs is 4. The second kappa shape index (κ2) is 7.31. The molecule has 0 amide bonds.